The summed E-state index contributed by atoms with van der Waals surface area (Å²) in [4.78, 5) is 36.8. The fraction of sp³-hybridized carbons (Fsp3) is 0.300. The van der Waals surface area contributed by atoms with Crippen LogP contribution in [0, 0.1) is 10.1 Å². The van der Waals surface area contributed by atoms with Gasteiger partial charge in [-0.1, -0.05) is 30.3 Å². The number of benzene rings is 2. The number of rotatable bonds is 7. The minimum atomic E-state index is -0.743. The normalized spacial score (nSPS) is 15.2. The first-order valence-electron chi connectivity index (χ1n) is 8.88. The number of methoxy groups -OCH3 is 2. The molecule has 1 aliphatic heterocycles. The van der Waals surface area contributed by atoms with Gasteiger partial charge in [0.1, 0.15) is 18.2 Å². The summed E-state index contributed by atoms with van der Waals surface area (Å²) < 4.78 is 15.6. The topological polar surface area (TPSA) is 108 Å². The number of hydrogen-bond acceptors (Lipinski definition) is 7. The van der Waals surface area contributed by atoms with Crippen molar-refractivity contribution >= 4 is 17.6 Å². The summed E-state index contributed by atoms with van der Waals surface area (Å²) in [5.74, 6) is -0.856. The van der Waals surface area contributed by atoms with Gasteiger partial charge in [-0.05, 0) is 12.0 Å². The molecular weight excluding hydrogens is 380 g/mol. The first-order valence-corrected chi connectivity index (χ1v) is 8.88. The highest BCUT2D eigenvalue weighted by atomic mass is 16.6. The second kappa shape index (κ2) is 8.59. The third kappa shape index (κ3) is 4.13. The molecule has 0 unspecified atom stereocenters. The molecule has 1 heterocycles. The van der Waals surface area contributed by atoms with E-state index in [2.05, 4.69) is 4.74 Å². The van der Waals surface area contributed by atoms with E-state index in [0.29, 0.717) is 13.0 Å². The van der Waals surface area contributed by atoms with E-state index in [4.69, 9.17) is 9.47 Å². The molecule has 3 rings (SSSR count). The number of carbonyl (C=O) groups excluding carboxylic acids is 2. The average molecular weight is 400 g/mol. The molecule has 2 aromatic carbocycles. The molecule has 9 heteroatoms. The molecule has 152 valence electrons. The van der Waals surface area contributed by atoms with Gasteiger partial charge in [0.2, 0.25) is 0 Å². The summed E-state index contributed by atoms with van der Waals surface area (Å²) in [5.41, 5.74) is 0.278. The molecule has 0 bridgehead atoms. The van der Waals surface area contributed by atoms with Gasteiger partial charge in [0.15, 0.2) is 11.5 Å². The van der Waals surface area contributed by atoms with E-state index in [1.54, 1.807) is 0 Å². The van der Waals surface area contributed by atoms with Crippen molar-refractivity contribution in [3.63, 3.8) is 0 Å². The van der Waals surface area contributed by atoms with Crippen LogP contribution in [-0.2, 0) is 16.1 Å². The van der Waals surface area contributed by atoms with Crippen LogP contribution in [0.4, 0.5) is 5.69 Å². The molecule has 1 aliphatic rings. The van der Waals surface area contributed by atoms with Crippen LogP contribution in [0.15, 0.2) is 42.5 Å². The van der Waals surface area contributed by atoms with Crippen LogP contribution in [0.2, 0.25) is 0 Å². The summed E-state index contributed by atoms with van der Waals surface area (Å²) in [6, 6.07) is 11.0. The van der Waals surface area contributed by atoms with Crippen molar-refractivity contribution in [1.29, 1.82) is 0 Å². The molecule has 1 saturated heterocycles. The molecule has 2 aromatic rings. The molecule has 0 saturated carbocycles. The Bertz CT molecular complexity index is 930. The van der Waals surface area contributed by atoms with Crippen LogP contribution in [0.25, 0.3) is 0 Å². The van der Waals surface area contributed by atoms with Crippen LogP contribution in [-0.4, -0.2) is 48.5 Å². The van der Waals surface area contributed by atoms with Crippen LogP contribution in [0.1, 0.15) is 22.3 Å². The second-order valence-electron chi connectivity index (χ2n) is 6.38. The van der Waals surface area contributed by atoms with Crippen LogP contribution < -0.4 is 9.47 Å². The van der Waals surface area contributed by atoms with Gasteiger partial charge >= 0.3 is 5.97 Å². The SMILES string of the molecule is COC(=O)[C@@H]1CCN1C(=O)c1cc(OC)c(OCc2ccccc2)cc1[N+](=O)[O-]. The predicted octanol–water partition coefficient (Wildman–Crippen LogP) is 2.57. The molecule has 9 nitrogen and oxygen atoms in total. The standard InChI is InChI=1S/C20H20N2O7/c1-27-17-10-14(19(23)21-9-8-15(21)20(24)28-2)16(22(25)26)11-18(17)29-12-13-6-4-3-5-7-13/h3-7,10-11,15H,8-9,12H2,1-2H3/t15-/m0/s1. The number of ether oxygens (including phenoxy) is 3. The molecule has 0 aromatic heterocycles. The van der Waals surface area contributed by atoms with E-state index in [9.17, 15) is 19.7 Å². The smallest absolute Gasteiger partial charge is 0.328 e. The summed E-state index contributed by atoms with van der Waals surface area (Å²) in [6.45, 7) is 0.489. The van der Waals surface area contributed by atoms with Crippen molar-refractivity contribution in [3.05, 3.63) is 63.7 Å². The highest BCUT2D eigenvalue weighted by Crippen LogP contribution is 2.37. The van der Waals surface area contributed by atoms with Crippen molar-refractivity contribution in [2.45, 2.75) is 19.1 Å². The summed E-state index contributed by atoms with van der Waals surface area (Å²) >= 11 is 0. The fourth-order valence-electron chi connectivity index (χ4n) is 3.05. The maximum absolute atomic E-state index is 12.9. The maximum Gasteiger partial charge on any atom is 0.328 e. The van der Waals surface area contributed by atoms with E-state index < -0.39 is 28.5 Å². The molecule has 0 aliphatic carbocycles. The van der Waals surface area contributed by atoms with Gasteiger partial charge in [-0.3, -0.25) is 14.9 Å². The van der Waals surface area contributed by atoms with Gasteiger partial charge in [-0.2, -0.15) is 0 Å². The number of nitro groups is 1. The highest BCUT2D eigenvalue weighted by molar-refractivity contribution is 6.01. The lowest BCUT2D eigenvalue weighted by Gasteiger charge is -2.38. The van der Waals surface area contributed by atoms with Gasteiger partial charge in [0, 0.05) is 12.6 Å². The molecule has 0 N–H and O–H groups in total. The Hall–Kier alpha value is -3.62. The minimum Gasteiger partial charge on any atom is -0.493 e. The number of nitrogens with zero attached hydrogens (tertiary/aromatic N) is 2. The molecule has 0 spiro atoms. The maximum atomic E-state index is 12.9. The van der Waals surface area contributed by atoms with Gasteiger partial charge in [-0.25, -0.2) is 4.79 Å². The lowest BCUT2D eigenvalue weighted by atomic mass is 10.0. The zero-order chi connectivity index (χ0) is 21.0. The average Bonchev–Trinajstić information content (AvgIpc) is 2.71. The minimum absolute atomic E-state index is 0.146. The largest absolute Gasteiger partial charge is 0.493 e. The molecular formula is C20H20N2O7. The highest BCUT2D eigenvalue weighted by Gasteiger charge is 2.41. The summed E-state index contributed by atoms with van der Waals surface area (Å²) in [5, 5.41) is 11.6. The van der Waals surface area contributed by atoms with E-state index in [1.807, 2.05) is 30.3 Å². The first kappa shape index (κ1) is 20.1. The van der Waals surface area contributed by atoms with E-state index >= 15 is 0 Å². The van der Waals surface area contributed by atoms with Crippen LogP contribution in [0.3, 0.4) is 0 Å². The van der Waals surface area contributed by atoms with Crippen molar-refractivity contribution in [2.24, 2.45) is 0 Å². The number of hydrogen-bond donors (Lipinski definition) is 0. The van der Waals surface area contributed by atoms with E-state index in [-0.39, 0.29) is 23.7 Å². The Morgan fingerprint density at radius 2 is 1.90 bits per heavy atom. The number of nitro benzene ring substituents is 1. The fourth-order valence-corrected chi connectivity index (χ4v) is 3.05. The number of amides is 1. The summed E-state index contributed by atoms with van der Waals surface area (Å²) in [7, 11) is 2.61. The lowest BCUT2D eigenvalue weighted by molar-refractivity contribution is -0.385. The van der Waals surface area contributed by atoms with Gasteiger partial charge in [0.25, 0.3) is 11.6 Å². The van der Waals surface area contributed by atoms with E-state index in [1.165, 1.54) is 31.3 Å². The Morgan fingerprint density at radius 1 is 1.17 bits per heavy atom. The quantitative estimate of drug-likeness (QED) is 0.399. The number of esters is 1. The Kier molecular flexibility index (Phi) is 5.96. The molecule has 1 atom stereocenters. The third-order valence-corrected chi connectivity index (χ3v) is 4.70. The van der Waals surface area contributed by atoms with Gasteiger partial charge in [-0.15, -0.1) is 0 Å². The predicted molar refractivity (Wildman–Crippen MR) is 102 cm³/mol. The van der Waals surface area contributed by atoms with Crippen molar-refractivity contribution in [2.75, 3.05) is 20.8 Å². The Balaban J connectivity index is 1.90. The van der Waals surface area contributed by atoms with Gasteiger partial charge in [0.05, 0.1) is 25.2 Å². The third-order valence-electron chi connectivity index (χ3n) is 4.70. The van der Waals surface area contributed by atoms with Crippen molar-refractivity contribution < 1.29 is 28.7 Å². The molecule has 1 fully saturated rings. The van der Waals surface area contributed by atoms with Crippen LogP contribution in [0.5, 0.6) is 11.5 Å². The van der Waals surface area contributed by atoms with Crippen molar-refractivity contribution in [1.82, 2.24) is 4.90 Å². The van der Waals surface area contributed by atoms with Gasteiger partial charge < -0.3 is 19.1 Å². The summed E-state index contributed by atoms with van der Waals surface area (Å²) in [6.07, 6.45) is 0.446. The van der Waals surface area contributed by atoms with Crippen LogP contribution >= 0.6 is 0 Å². The lowest BCUT2D eigenvalue weighted by Crippen LogP contribution is -2.55. The molecule has 1 amide bonds. The zero-order valence-corrected chi connectivity index (χ0v) is 16.0. The molecule has 0 radical (unpaired) electrons. The first-order chi connectivity index (χ1) is 14.0. The number of carbonyl (C=O) groups is 2. The Morgan fingerprint density at radius 3 is 2.45 bits per heavy atom. The Labute approximate surface area is 166 Å². The monoisotopic (exact) mass is 400 g/mol. The zero-order valence-electron chi connectivity index (χ0n) is 16.0. The molecule has 29 heavy (non-hydrogen) atoms. The second-order valence-corrected chi connectivity index (χ2v) is 6.38. The van der Waals surface area contributed by atoms with Crippen molar-refractivity contribution in [3.8, 4) is 11.5 Å². The van der Waals surface area contributed by atoms with E-state index in [0.717, 1.165) is 5.56 Å². The number of likely N-dealkylation sites (tertiary alicyclic amines) is 1.